The quantitative estimate of drug-likeness (QED) is 0.845. The normalized spacial score (nSPS) is 29.9. The van der Waals surface area contributed by atoms with Crippen LogP contribution in [0.1, 0.15) is 22.3 Å². The van der Waals surface area contributed by atoms with E-state index in [0.29, 0.717) is 23.0 Å². The summed E-state index contributed by atoms with van der Waals surface area (Å²) in [6, 6.07) is 5.53. The van der Waals surface area contributed by atoms with E-state index in [4.69, 9.17) is 11.6 Å². The zero-order valence-corrected chi connectivity index (χ0v) is 11.0. The van der Waals surface area contributed by atoms with E-state index in [0.717, 1.165) is 18.5 Å². The minimum atomic E-state index is -0.221. The third-order valence-electron chi connectivity index (χ3n) is 4.24. The molecular formula is C14H16ClNO2. The lowest BCUT2D eigenvalue weighted by atomic mass is 9.74. The predicted octanol–water partition coefficient (Wildman–Crippen LogP) is 2.10. The molecule has 1 amide bonds. The van der Waals surface area contributed by atoms with E-state index < -0.39 is 0 Å². The lowest BCUT2D eigenvalue weighted by molar-refractivity contribution is -0.00426. The average Bonchev–Trinajstić information content (AvgIpc) is 2.69. The fraction of sp³-hybridized carbons (Fsp3) is 0.500. The summed E-state index contributed by atoms with van der Waals surface area (Å²) in [5.74, 6) is 0.746. The van der Waals surface area contributed by atoms with Gasteiger partial charge in [0.05, 0.1) is 16.7 Å². The Labute approximate surface area is 111 Å². The fourth-order valence-electron chi connectivity index (χ4n) is 3.02. The van der Waals surface area contributed by atoms with Gasteiger partial charge in [0, 0.05) is 19.0 Å². The Morgan fingerprint density at radius 2 is 2.22 bits per heavy atom. The smallest absolute Gasteiger partial charge is 0.255 e. The number of aliphatic hydroxyl groups is 1. The Bertz CT molecular complexity index is 503. The van der Waals surface area contributed by atoms with Crippen LogP contribution in [0.3, 0.4) is 0 Å². The lowest BCUT2D eigenvalue weighted by Gasteiger charge is -2.34. The minimum absolute atomic E-state index is 0.00898. The molecule has 3 rings (SSSR count). The number of likely N-dealkylation sites (tertiary alicyclic amines) is 1. The number of fused-ring (bicyclic) bond motifs is 1. The Hall–Kier alpha value is -1.06. The number of carbonyl (C=O) groups is 1. The molecule has 2 aliphatic rings. The van der Waals surface area contributed by atoms with Crippen LogP contribution in [0.2, 0.25) is 5.02 Å². The second-order valence-corrected chi connectivity index (χ2v) is 5.75. The molecule has 1 heterocycles. The van der Waals surface area contributed by atoms with Crippen LogP contribution in [-0.2, 0) is 0 Å². The van der Waals surface area contributed by atoms with Crippen molar-refractivity contribution >= 4 is 17.5 Å². The molecule has 2 fully saturated rings. The van der Waals surface area contributed by atoms with Crippen LogP contribution in [0.25, 0.3) is 0 Å². The van der Waals surface area contributed by atoms with Crippen molar-refractivity contribution < 1.29 is 9.90 Å². The summed E-state index contributed by atoms with van der Waals surface area (Å²) in [7, 11) is 0. The van der Waals surface area contributed by atoms with E-state index in [1.807, 2.05) is 24.0 Å². The highest BCUT2D eigenvalue weighted by Crippen LogP contribution is 2.41. The van der Waals surface area contributed by atoms with Gasteiger partial charge >= 0.3 is 0 Å². The van der Waals surface area contributed by atoms with Crippen LogP contribution in [0, 0.1) is 18.8 Å². The van der Waals surface area contributed by atoms with E-state index in [-0.39, 0.29) is 17.9 Å². The molecule has 18 heavy (non-hydrogen) atoms. The monoisotopic (exact) mass is 265 g/mol. The maximum Gasteiger partial charge on any atom is 0.255 e. The number of rotatable bonds is 1. The first-order valence-electron chi connectivity index (χ1n) is 6.30. The molecule has 1 aliphatic heterocycles. The molecule has 1 aromatic carbocycles. The second-order valence-electron chi connectivity index (χ2n) is 5.37. The van der Waals surface area contributed by atoms with Crippen LogP contribution >= 0.6 is 11.6 Å². The second kappa shape index (κ2) is 4.25. The minimum Gasteiger partial charge on any atom is -0.393 e. The maximum absolute atomic E-state index is 12.4. The van der Waals surface area contributed by atoms with Crippen molar-refractivity contribution in [2.45, 2.75) is 19.4 Å². The first-order valence-corrected chi connectivity index (χ1v) is 6.68. The summed E-state index contributed by atoms with van der Waals surface area (Å²) in [6.45, 7) is 3.32. The number of nitrogens with zero attached hydrogens (tertiary/aromatic N) is 1. The van der Waals surface area contributed by atoms with E-state index in [2.05, 4.69) is 0 Å². The zero-order chi connectivity index (χ0) is 12.9. The number of aliphatic hydroxyl groups excluding tert-OH is 1. The van der Waals surface area contributed by atoms with E-state index in [1.165, 1.54) is 0 Å². The number of hydrogen-bond acceptors (Lipinski definition) is 2. The van der Waals surface area contributed by atoms with Gasteiger partial charge in [-0.25, -0.2) is 0 Å². The number of amides is 1. The standard InChI is InChI=1S/C14H16ClNO2/c1-8-3-2-4-10(13(8)15)14(18)16-6-9-5-12(17)11(9)7-16/h2-4,9,11-12,17H,5-7H2,1H3/t9-,11+,12+/m1/s1. The molecule has 0 spiro atoms. The van der Waals surface area contributed by atoms with Gasteiger partial charge in [0.1, 0.15) is 0 Å². The highest BCUT2D eigenvalue weighted by atomic mass is 35.5. The van der Waals surface area contributed by atoms with E-state index >= 15 is 0 Å². The Kier molecular flexibility index (Phi) is 2.83. The van der Waals surface area contributed by atoms with E-state index in [1.54, 1.807) is 6.07 Å². The Morgan fingerprint density at radius 3 is 2.89 bits per heavy atom. The van der Waals surface area contributed by atoms with Crippen LogP contribution in [-0.4, -0.2) is 35.1 Å². The third-order valence-corrected chi connectivity index (χ3v) is 4.74. The van der Waals surface area contributed by atoms with Crippen molar-refractivity contribution in [3.8, 4) is 0 Å². The van der Waals surface area contributed by atoms with Crippen molar-refractivity contribution in [2.75, 3.05) is 13.1 Å². The summed E-state index contributed by atoms with van der Waals surface area (Å²) in [4.78, 5) is 14.2. The number of carbonyl (C=O) groups excluding carboxylic acids is 1. The number of aryl methyl sites for hydroxylation is 1. The van der Waals surface area contributed by atoms with Gasteiger partial charge in [0.2, 0.25) is 0 Å². The topological polar surface area (TPSA) is 40.5 Å². The highest BCUT2D eigenvalue weighted by Gasteiger charge is 2.47. The Balaban J connectivity index is 1.81. The molecule has 0 bridgehead atoms. The molecule has 0 aromatic heterocycles. The molecule has 4 heteroatoms. The number of hydrogen-bond donors (Lipinski definition) is 1. The van der Waals surface area contributed by atoms with Gasteiger partial charge in [-0.2, -0.15) is 0 Å². The molecular weight excluding hydrogens is 250 g/mol. The Morgan fingerprint density at radius 1 is 1.44 bits per heavy atom. The highest BCUT2D eigenvalue weighted by molar-refractivity contribution is 6.34. The van der Waals surface area contributed by atoms with Crippen LogP contribution in [0.4, 0.5) is 0 Å². The van der Waals surface area contributed by atoms with Gasteiger partial charge < -0.3 is 10.0 Å². The molecule has 0 unspecified atom stereocenters. The predicted molar refractivity (Wildman–Crippen MR) is 69.7 cm³/mol. The summed E-state index contributed by atoms with van der Waals surface area (Å²) in [6.07, 6.45) is 0.608. The maximum atomic E-state index is 12.4. The molecule has 0 radical (unpaired) electrons. The summed E-state index contributed by atoms with van der Waals surface area (Å²) in [5, 5.41) is 10.2. The molecule has 1 saturated carbocycles. The first-order chi connectivity index (χ1) is 8.58. The molecule has 3 atom stereocenters. The van der Waals surface area contributed by atoms with E-state index in [9.17, 15) is 9.90 Å². The fourth-order valence-corrected chi connectivity index (χ4v) is 3.23. The van der Waals surface area contributed by atoms with Crippen molar-refractivity contribution in [2.24, 2.45) is 11.8 Å². The van der Waals surface area contributed by atoms with Crippen LogP contribution in [0.15, 0.2) is 18.2 Å². The van der Waals surface area contributed by atoms with Crippen molar-refractivity contribution in [3.63, 3.8) is 0 Å². The van der Waals surface area contributed by atoms with Gasteiger partial charge in [0.15, 0.2) is 0 Å². The third kappa shape index (κ3) is 1.73. The van der Waals surface area contributed by atoms with Crippen molar-refractivity contribution in [1.29, 1.82) is 0 Å². The molecule has 1 saturated heterocycles. The van der Waals surface area contributed by atoms with Gasteiger partial charge in [-0.15, -0.1) is 0 Å². The van der Waals surface area contributed by atoms with Gasteiger partial charge in [-0.05, 0) is 30.9 Å². The summed E-state index contributed by atoms with van der Waals surface area (Å²) >= 11 is 6.19. The number of halogens is 1. The largest absolute Gasteiger partial charge is 0.393 e. The average molecular weight is 266 g/mol. The summed E-state index contributed by atoms with van der Waals surface area (Å²) in [5.41, 5.74) is 1.50. The molecule has 1 aromatic rings. The molecule has 3 nitrogen and oxygen atoms in total. The van der Waals surface area contributed by atoms with Gasteiger partial charge in [-0.3, -0.25) is 4.79 Å². The van der Waals surface area contributed by atoms with Crippen LogP contribution in [0.5, 0.6) is 0 Å². The van der Waals surface area contributed by atoms with Crippen LogP contribution < -0.4 is 0 Å². The summed E-state index contributed by atoms with van der Waals surface area (Å²) < 4.78 is 0. The molecule has 96 valence electrons. The molecule has 1 aliphatic carbocycles. The van der Waals surface area contributed by atoms with Gasteiger partial charge in [-0.1, -0.05) is 23.7 Å². The van der Waals surface area contributed by atoms with Crippen molar-refractivity contribution in [3.05, 3.63) is 34.3 Å². The van der Waals surface area contributed by atoms with Gasteiger partial charge in [0.25, 0.3) is 5.91 Å². The lowest BCUT2D eigenvalue weighted by Crippen LogP contribution is -2.39. The molecule has 1 N–H and O–H groups in total. The zero-order valence-electron chi connectivity index (χ0n) is 10.3. The number of benzene rings is 1. The SMILES string of the molecule is Cc1cccc(C(=O)N2C[C@H]3C[C@H](O)[C@H]3C2)c1Cl. The first kappa shape index (κ1) is 12.0. The van der Waals surface area contributed by atoms with Crippen molar-refractivity contribution in [1.82, 2.24) is 4.90 Å².